The molecule has 2 rings (SSSR count). The van der Waals surface area contributed by atoms with E-state index in [4.69, 9.17) is 4.74 Å². The van der Waals surface area contributed by atoms with Crippen molar-refractivity contribution in [3.8, 4) is 5.75 Å². The molecule has 0 aliphatic rings. The Labute approximate surface area is 148 Å². The summed E-state index contributed by atoms with van der Waals surface area (Å²) in [5.74, 6) is 0.447. The molecule has 2 aromatic rings. The van der Waals surface area contributed by atoms with Crippen LogP contribution in [-0.2, 0) is 10.0 Å². The van der Waals surface area contributed by atoms with Gasteiger partial charge in [-0.3, -0.25) is 4.79 Å². The highest BCUT2D eigenvalue weighted by atomic mass is 32.2. The van der Waals surface area contributed by atoms with Gasteiger partial charge in [-0.2, -0.15) is 0 Å². The van der Waals surface area contributed by atoms with Crippen molar-refractivity contribution < 1.29 is 17.9 Å². The quantitative estimate of drug-likeness (QED) is 0.738. The van der Waals surface area contributed by atoms with Gasteiger partial charge in [0.05, 0.1) is 12.0 Å². The van der Waals surface area contributed by atoms with E-state index < -0.39 is 10.0 Å². The third-order valence-electron chi connectivity index (χ3n) is 3.69. The van der Waals surface area contributed by atoms with Gasteiger partial charge >= 0.3 is 0 Å². The van der Waals surface area contributed by atoms with Crippen LogP contribution in [0.1, 0.15) is 21.5 Å². The first-order valence-corrected chi connectivity index (χ1v) is 9.31. The van der Waals surface area contributed by atoms with E-state index >= 15 is 0 Å². The Morgan fingerprint density at radius 1 is 1.04 bits per heavy atom. The molecule has 1 amide bonds. The van der Waals surface area contributed by atoms with Gasteiger partial charge < -0.3 is 10.1 Å². The van der Waals surface area contributed by atoms with E-state index in [9.17, 15) is 13.2 Å². The summed E-state index contributed by atoms with van der Waals surface area (Å²) < 4.78 is 31.9. The minimum atomic E-state index is -3.57. The van der Waals surface area contributed by atoms with Crippen molar-refractivity contribution in [2.24, 2.45) is 0 Å². The Balaban J connectivity index is 1.87. The number of rotatable bonds is 7. The molecule has 0 bridgehead atoms. The Morgan fingerprint density at radius 2 is 1.72 bits per heavy atom. The van der Waals surface area contributed by atoms with E-state index in [0.717, 1.165) is 11.1 Å². The molecule has 0 spiro atoms. The average molecular weight is 362 g/mol. The molecule has 0 heterocycles. The summed E-state index contributed by atoms with van der Waals surface area (Å²) in [6, 6.07) is 11.7. The fraction of sp³-hybridized carbons (Fsp3) is 0.278. The number of sulfonamides is 1. The van der Waals surface area contributed by atoms with Crippen molar-refractivity contribution >= 4 is 15.9 Å². The topological polar surface area (TPSA) is 84.5 Å². The zero-order valence-corrected chi connectivity index (χ0v) is 15.3. The van der Waals surface area contributed by atoms with Crippen LogP contribution in [0, 0.1) is 13.8 Å². The number of amides is 1. The molecular weight excluding hydrogens is 340 g/mol. The zero-order valence-electron chi connectivity index (χ0n) is 14.5. The number of nitrogens with one attached hydrogen (secondary N) is 2. The molecular formula is C18H22N2O4S. The van der Waals surface area contributed by atoms with Gasteiger partial charge in [-0.1, -0.05) is 17.7 Å². The van der Waals surface area contributed by atoms with E-state index in [2.05, 4.69) is 10.0 Å². The molecule has 0 saturated carbocycles. The second kappa shape index (κ2) is 8.13. The van der Waals surface area contributed by atoms with Crippen molar-refractivity contribution in [1.82, 2.24) is 10.0 Å². The lowest BCUT2D eigenvalue weighted by molar-refractivity contribution is 0.0954. The van der Waals surface area contributed by atoms with Gasteiger partial charge in [0.25, 0.3) is 5.91 Å². The fourth-order valence-corrected chi connectivity index (χ4v) is 3.32. The summed E-state index contributed by atoms with van der Waals surface area (Å²) in [7, 11) is -2.00. The molecule has 134 valence electrons. The standard InChI is InChI=1S/C18H22N2O4S/c1-13-4-7-16(8-5-13)25(22,23)20-11-10-19-18(21)15-6-9-17(24-3)14(2)12-15/h4-9,12,20H,10-11H2,1-3H3,(H,19,21). The van der Waals surface area contributed by atoms with Crippen LogP contribution in [0.2, 0.25) is 0 Å². The lowest BCUT2D eigenvalue weighted by Crippen LogP contribution is -2.34. The van der Waals surface area contributed by atoms with Gasteiger partial charge in [0.15, 0.2) is 0 Å². The van der Waals surface area contributed by atoms with Gasteiger partial charge in [-0.15, -0.1) is 0 Å². The van der Waals surface area contributed by atoms with Gasteiger partial charge in [-0.05, 0) is 49.7 Å². The highest BCUT2D eigenvalue weighted by Crippen LogP contribution is 2.18. The van der Waals surface area contributed by atoms with Crippen LogP contribution in [0.25, 0.3) is 0 Å². The van der Waals surface area contributed by atoms with Crippen LogP contribution >= 0.6 is 0 Å². The number of carbonyl (C=O) groups is 1. The number of benzene rings is 2. The first-order chi connectivity index (χ1) is 11.8. The third kappa shape index (κ3) is 5.04. The number of aryl methyl sites for hydroxylation is 2. The Hall–Kier alpha value is -2.38. The zero-order chi connectivity index (χ0) is 18.4. The molecule has 2 N–H and O–H groups in total. The van der Waals surface area contributed by atoms with E-state index in [-0.39, 0.29) is 23.9 Å². The second-order valence-electron chi connectivity index (χ2n) is 5.65. The summed E-state index contributed by atoms with van der Waals surface area (Å²) in [6.45, 7) is 4.04. The molecule has 2 aromatic carbocycles. The van der Waals surface area contributed by atoms with Gasteiger partial charge in [0, 0.05) is 18.7 Å². The third-order valence-corrected chi connectivity index (χ3v) is 5.17. The van der Waals surface area contributed by atoms with Crippen molar-refractivity contribution in [3.63, 3.8) is 0 Å². The van der Waals surface area contributed by atoms with Crippen molar-refractivity contribution in [1.29, 1.82) is 0 Å². The van der Waals surface area contributed by atoms with Crippen LogP contribution < -0.4 is 14.8 Å². The predicted octanol–water partition coefficient (Wildman–Crippen LogP) is 2.02. The van der Waals surface area contributed by atoms with E-state index in [1.54, 1.807) is 49.6 Å². The lowest BCUT2D eigenvalue weighted by atomic mass is 10.1. The maximum absolute atomic E-state index is 12.1. The Kier molecular flexibility index (Phi) is 6.17. The predicted molar refractivity (Wildman–Crippen MR) is 96.4 cm³/mol. The van der Waals surface area contributed by atoms with Crippen LogP contribution in [0.15, 0.2) is 47.4 Å². The minimum absolute atomic E-state index is 0.108. The fourth-order valence-electron chi connectivity index (χ4n) is 2.28. The van der Waals surface area contributed by atoms with Crippen LogP contribution in [0.5, 0.6) is 5.75 Å². The van der Waals surface area contributed by atoms with Crippen molar-refractivity contribution in [3.05, 3.63) is 59.2 Å². The van der Waals surface area contributed by atoms with E-state index in [1.807, 2.05) is 13.8 Å². The number of ether oxygens (including phenoxy) is 1. The van der Waals surface area contributed by atoms with Gasteiger partial charge in [-0.25, -0.2) is 13.1 Å². The maximum Gasteiger partial charge on any atom is 0.251 e. The minimum Gasteiger partial charge on any atom is -0.496 e. The monoisotopic (exact) mass is 362 g/mol. The number of hydrogen-bond acceptors (Lipinski definition) is 4. The SMILES string of the molecule is COc1ccc(C(=O)NCCNS(=O)(=O)c2ccc(C)cc2)cc1C. The molecule has 0 atom stereocenters. The van der Waals surface area contributed by atoms with Gasteiger partial charge in [0.1, 0.15) is 5.75 Å². The van der Waals surface area contributed by atoms with E-state index in [0.29, 0.717) is 11.3 Å². The highest BCUT2D eigenvalue weighted by molar-refractivity contribution is 7.89. The van der Waals surface area contributed by atoms with Gasteiger partial charge in [0.2, 0.25) is 10.0 Å². The first-order valence-electron chi connectivity index (χ1n) is 7.82. The van der Waals surface area contributed by atoms with Crippen LogP contribution in [0.3, 0.4) is 0 Å². The number of carbonyl (C=O) groups excluding carboxylic acids is 1. The second-order valence-corrected chi connectivity index (χ2v) is 7.42. The van der Waals surface area contributed by atoms with E-state index in [1.165, 1.54) is 0 Å². The van der Waals surface area contributed by atoms with Crippen LogP contribution in [0.4, 0.5) is 0 Å². The summed E-state index contributed by atoms with van der Waals surface area (Å²) in [6.07, 6.45) is 0. The highest BCUT2D eigenvalue weighted by Gasteiger charge is 2.13. The molecule has 0 saturated heterocycles. The number of hydrogen-bond donors (Lipinski definition) is 2. The molecule has 0 unspecified atom stereocenters. The van der Waals surface area contributed by atoms with Crippen molar-refractivity contribution in [2.75, 3.05) is 20.2 Å². The van der Waals surface area contributed by atoms with Crippen molar-refractivity contribution in [2.45, 2.75) is 18.7 Å². The molecule has 7 heteroatoms. The van der Waals surface area contributed by atoms with Crippen LogP contribution in [-0.4, -0.2) is 34.5 Å². The molecule has 0 aromatic heterocycles. The Bertz CT molecular complexity index is 846. The molecule has 6 nitrogen and oxygen atoms in total. The molecule has 0 aliphatic carbocycles. The summed E-state index contributed by atoms with van der Waals surface area (Å²) in [5.41, 5.74) is 2.34. The molecule has 0 radical (unpaired) electrons. The largest absolute Gasteiger partial charge is 0.496 e. The maximum atomic E-state index is 12.1. The number of methoxy groups -OCH3 is 1. The smallest absolute Gasteiger partial charge is 0.251 e. The average Bonchev–Trinajstić information content (AvgIpc) is 2.59. The summed E-state index contributed by atoms with van der Waals surface area (Å²) in [5, 5.41) is 2.69. The molecule has 25 heavy (non-hydrogen) atoms. The molecule has 0 fully saturated rings. The summed E-state index contributed by atoms with van der Waals surface area (Å²) >= 11 is 0. The Morgan fingerprint density at radius 3 is 2.32 bits per heavy atom. The summed E-state index contributed by atoms with van der Waals surface area (Å²) in [4.78, 5) is 12.3. The normalized spacial score (nSPS) is 11.2. The lowest BCUT2D eigenvalue weighted by Gasteiger charge is -2.10. The molecule has 0 aliphatic heterocycles. The first kappa shape index (κ1) is 19.0.